The molecule has 1 aromatic carbocycles. The van der Waals surface area contributed by atoms with Gasteiger partial charge in [-0.15, -0.1) is 0 Å². The van der Waals surface area contributed by atoms with Gasteiger partial charge in [-0.05, 0) is 56.4 Å². The second-order valence-corrected chi connectivity index (χ2v) is 7.13. The van der Waals surface area contributed by atoms with Crippen LogP contribution in [0.15, 0.2) is 42.7 Å². The summed E-state index contributed by atoms with van der Waals surface area (Å²) in [6.45, 7) is 5.68. The monoisotopic (exact) mass is 349 g/mol. The first-order chi connectivity index (χ1) is 12.6. The Morgan fingerprint density at radius 3 is 2.65 bits per heavy atom. The number of hydrogen-bond acceptors (Lipinski definition) is 3. The number of carbonyl (C=O) groups is 1. The summed E-state index contributed by atoms with van der Waals surface area (Å²) in [4.78, 5) is 12.4. The Morgan fingerprint density at radius 1 is 1.23 bits per heavy atom. The van der Waals surface area contributed by atoms with Crippen LogP contribution in [0, 0.1) is 19.8 Å². The zero-order valence-electron chi connectivity index (χ0n) is 15.1. The first-order valence-electron chi connectivity index (χ1n) is 9.00. The van der Waals surface area contributed by atoms with E-state index in [0.29, 0.717) is 12.1 Å². The number of carbonyl (C=O) groups excluding carboxylic acids is 1. The Morgan fingerprint density at radius 2 is 2.00 bits per heavy atom. The first-order valence-corrected chi connectivity index (χ1v) is 9.00. The number of aromatic nitrogens is 4. The molecule has 2 aromatic heterocycles. The van der Waals surface area contributed by atoms with Crippen LogP contribution in [-0.4, -0.2) is 25.5 Å². The van der Waals surface area contributed by atoms with Crippen molar-refractivity contribution in [2.24, 2.45) is 5.92 Å². The number of benzene rings is 1. The third-order valence-electron chi connectivity index (χ3n) is 4.69. The Bertz CT molecular complexity index is 918. The topological polar surface area (TPSA) is 64.7 Å². The standard InChI is InChI=1S/C20H23N5O/c1-14-9-15(2)25(23-14)12-17-5-7-18(8-6-17)20(26)22-19-10-21-24(13-19)11-16-3-4-16/h5-10,13,16H,3-4,11-12H2,1-2H3,(H,22,26). The molecule has 1 aliphatic rings. The lowest BCUT2D eigenvalue weighted by Gasteiger charge is -2.06. The summed E-state index contributed by atoms with van der Waals surface area (Å²) in [5, 5.41) is 11.7. The van der Waals surface area contributed by atoms with Crippen molar-refractivity contribution in [3.05, 3.63) is 65.2 Å². The number of amides is 1. The molecule has 1 amide bonds. The first kappa shape index (κ1) is 16.6. The van der Waals surface area contributed by atoms with Crippen LogP contribution < -0.4 is 5.32 Å². The molecule has 3 aromatic rings. The average Bonchev–Trinajstić information content (AvgIpc) is 3.23. The summed E-state index contributed by atoms with van der Waals surface area (Å²) in [5.41, 5.74) is 4.64. The molecule has 0 unspecified atom stereocenters. The smallest absolute Gasteiger partial charge is 0.255 e. The van der Waals surface area contributed by atoms with Gasteiger partial charge in [0.2, 0.25) is 0 Å². The van der Waals surface area contributed by atoms with Gasteiger partial charge >= 0.3 is 0 Å². The van der Waals surface area contributed by atoms with E-state index in [9.17, 15) is 4.79 Å². The second kappa shape index (κ2) is 6.78. The Hall–Kier alpha value is -2.89. The van der Waals surface area contributed by atoms with Gasteiger partial charge < -0.3 is 5.32 Å². The Balaban J connectivity index is 1.38. The predicted octanol–water partition coefficient (Wildman–Crippen LogP) is 3.41. The van der Waals surface area contributed by atoms with Crippen molar-refractivity contribution < 1.29 is 4.79 Å². The maximum atomic E-state index is 12.4. The Kier molecular flexibility index (Phi) is 4.32. The molecular formula is C20H23N5O. The summed E-state index contributed by atoms with van der Waals surface area (Å²) in [6, 6.07) is 9.71. The maximum absolute atomic E-state index is 12.4. The van der Waals surface area contributed by atoms with Gasteiger partial charge in [0.25, 0.3) is 5.91 Å². The zero-order valence-corrected chi connectivity index (χ0v) is 15.1. The van der Waals surface area contributed by atoms with Crippen LogP contribution in [0.4, 0.5) is 5.69 Å². The minimum Gasteiger partial charge on any atom is -0.319 e. The highest BCUT2D eigenvalue weighted by Gasteiger charge is 2.22. The molecule has 0 saturated heterocycles. The molecular weight excluding hydrogens is 326 g/mol. The van der Waals surface area contributed by atoms with Gasteiger partial charge in [-0.2, -0.15) is 10.2 Å². The quantitative estimate of drug-likeness (QED) is 0.742. The van der Waals surface area contributed by atoms with Crippen molar-refractivity contribution >= 4 is 11.6 Å². The third kappa shape index (κ3) is 3.85. The molecule has 6 heteroatoms. The average molecular weight is 349 g/mol. The lowest BCUT2D eigenvalue weighted by molar-refractivity contribution is 0.102. The van der Waals surface area contributed by atoms with Crippen LogP contribution >= 0.6 is 0 Å². The molecule has 26 heavy (non-hydrogen) atoms. The summed E-state index contributed by atoms with van der Waals surface area (Å²) < 4.78 is 3.88. The zero-order chi connectivity index (χ0) is 18.1. The summed E-state index contributed by atoms with van der Waals surface area (Å²) in [5.74, 6) is 0.641. The lowest BCUT2D eigenvalue weighted by atomic mass is 10.1. The van der Waals surface area contributed by atoms with Gasteiger partial charge in [0, 0.05) is 24.0 Å². The molecule has 0 bridgehead atoms. The highest BCUT2D eigenvalue weighted by molar-refractivity contribution is 6.04. The maximum Gasteiger partial charge on any atom is 0.255 e. The largest absolute Gasteiger partial charge is 0.319 e. The SMILES string of the molecule is Cc1cc(C)n(Cc2ccc(C(=O)Nc3cnn(CC4CC4)c3)cc2)n1. The summed E-state index contributed by atoms with van der Waals surface area (Å²) >= 11 is 0. The van der Waals surface area contributed by atoms with Crippen LogP contribution in [0.5, 0.6) is 0 Å². The molecule has 1 fully saturated rings. The minimum absolute atomic E-state index is 0.117. The second-order valence-electron chi connectivity index (χ2n) is 7.13. The van der Waals surface area contributed by atoms with Crippen molar-refractivity contribution in [1.29, 1.82) is 0 Å². The van der Waals surface area contributed by atoms with E-state index in [4.69, 9.17) is 0 Å². The fraction of sp³-hybridized carbons (Fsp3) is 0.350. The third-order valence-corrected chi connectivity index (χ3v) is 4.69. The summed E-state index contributed by atoms with van der Waals surface area (Å²) in [6.07, 6.45) is 6.17. The number of anilines is 1. The molecule has 0 aliphatic heterocycles. The van der Waals surface area contributed by atoms with E-state index in [1.807, 2.05) is 53.7 Å². The van der Waals surface area contributed by atoms with E-state index in [1.165, 1.54) is 12.8 Å². The minimum atomic E-state index is -0.117. The van der Waals surface area contributed by atoms with Gasteiger partial charge in [-0.1, -0.05) is 12.1 Å². The van der Waals surface area contributed by atoms with Crippen LogP contribution in [0.1, 0.15) is 40.2 Å². The molecule has 1 saturated carbocycles. The van der Waals surface area contributed by atoms with Crippen LogP contribution in [0.2, 0.25) is 0 Å². The van der Waals surface area contributed by atoms with Crippen molar-refractivity contribution in [3.8, 4) is 0 Å². The van der Waals surface area contributed by atoms with Crippen molar-refractivity contribution in [2.75, 3.05) is 5.32 Å². The van der Waals surface area contributed by atoms with E-state index in [-0.39, 0.29) is 5.91 Å². The molecule has 1 aliphatic carbocycles. The van der Waals surface area contributed by atoms with E-state index in [1.54, 1.807) is 6.20 Å². The molecule has 134 valence electrons. The number of nitrogens with zero attached hydrogens (tertiary/aromatic N) is 4. The number of aryl methyl sites for hydroxylation is 2. The van der Waals surface area contributed by atoms with Gasteiger partial charge in [0.15, 0.2) is 0 Å². The molecule has 0 atom stereocenters. The van der Waals surface area contributed by atoms with E-state index >= 15 is 0 Å². The van der Waals surface area contributed by atoms with Crippen molar-refractivity contribution in [3.63, 3.8) is 0 Å². The van der Waals surface area contributed by atoms with Crippen LogP contribution in [0.3, 0.4) is 0 Å². The van der Waals surface area contributed by atoms with Gasteiger partial charge in [-0.25, -0.2) is 0 Å². The van der Waals surface area contributed by atoms with Gasteiger partial charge in [0.05, 0.1) is 24.1 Å². The van der Waals surface area contributed by atoms with Crippen molar-refractivity contribution in [1.82, 2.24) is 19.6 Å². The van der Waals surface area contributed by atoms with Crippen LogP contribution in [-0.2, 0) is 13.1 Å². The van der Waals surface area contributed by atoms with E-state index in [0.717, 1.165) is 35.1 Å². The number of nitrogens with one attached hydrogen (secondary N) is 1. The van der Waals surface area contributed by atoms with Gasteiger partial charge in [0.1, 0.15) is 0 Å². The van der Waals surface area contributed by atoms with E-state index in [2.05, 4.69) is 21.6 Å². The highest BCUT2D eigenvalue weighted by Crippen LogP contribution is 2.30. The van der Waals surface area contributed by atoms with Crippen molar-refractivity contribution in [2.45, 2.75) is 39.8 Å². The molecule has 0 radical (unpaired) electrons. The predicted molar refractivity (Wildman–Crippen MR) is 100 cm³/mol. The molecule has 6 nitrogen and oxygen atoms in total. The normalized spacial score (nSPS) is 13.8. The molecule has 2 heterocycles. The molecule has 1 N–H and O–H groups in total. The van der Waals surface area contributed by atoms with Crippen LogP contribution in [0.25, 0.3) is 0 Å². The van der Waals surface area contributed by atoms with E-state index < -0.39 is 0 Å². The molecule has 4 rings (SSSR count). The van der Waals surface area contributed by atoms with Gasteiger partial charge in [-0.3, -0.25) is 14.2 Å². The molecule has 0 spiro atoms. The number of hydrogen-bond donors (Lipinski definition) is 1. The fourth-order valence-electron chi connectivity index (χ4n) is 3.07. The lowest BCUT2D eigenvalue weighted by Crippen LogP contribution is -2.12. The number of rotatable bonds is 6. The summed E-state index contributed by atoms with van der Waals surface area (Å²) in [7, 11) is 0. The highest BCUT2D eigenvalue weighted by atomic mass is 16.1. The fourth-order valence-corrected chi connectivity index (χ4v) is 3.07. The Labute approximate surface area is 152 Å².